The molecule has 7 heteroatoms. The maximum absolute atomic E-state index is 12.8. The molecule has 1 aromatic carbocycles. The van der Waals surface area contributed by atoms with E-state index in [0.717, 1.165) is 45.5 Å². The van der Waals surface area contributed by atoms with Gasteiger partial charge < -0.3 is 9.47 Å². The number of rotatable bonds is 5. The topological polar surface area (TPSA) is 59.1 Å². The molecule has 2 heterocycles. The van der Waals surface area contributed by atoms with E-state index in [4.69, 9.17) is 9.47 Å². The van der Waals surface area contributed by atoms with Gasteiger partial charge in [-0.1, -0.05) is 0 Å². The number of benzene rings is 1. The molecule has 1 aromatic rings. The van der Waals surface area contributed by atoms with Gasteiger partial charge in [0.05, 0.1) is 18.1 Å². The van der Waals surface area contributed by atoms with Crippen LogP contribution in [0.15, 0.2) is 29.2 Å². The molecule has 24 heavy (non-hydrogen) atoms. The van der Waals surface area contributed by atoms with Crippen LogP contribution in [0.1, 0.15) is 19.3 Å². The molecule has 0 aromatic heterocycles. The monoisotopic (exact) mass is 354 g/mol. The van der Waals surface area contributed by atoms with Crippen molar-refractivity contribution in [3.05, 3.63) is 24.3 Å². The highest BCUT2D eigenvalue weighted by atomic mass is 32.2. The normalized spacial score (nSPS) is 24.0. The van der Waals surface area contributed by atoms with Gasteiger partial charge in [0.1, 0.15) is 5.75 Å². The van der Waals surface area contributed by atoms with Gasteiger partial charge in [0.2, 0.25) is 10.0 Å². The molecule has 1 atom stereocenters. The molecule has 0 aliphatic carbocycles. The Hall–Kier alpha value is -1.15. The second-order valence-corrected chi connectivity index (χ2v) is 8.31. The largest absolute Gasteiger partial charge is 0.497 e. The first kappa shape index (κ1) is 17.7. The molecule has 0 radical (unpaired) electrons. The van der Waals surface area contributed by atoms with Crippen LogP contribution in [0.5, 0.6) is 5.75 Å². The predicted molar refractivity (Wildman–Crippen MR) is 91.8 cm³/mol. The van der Waals surface area contributed by atoms with E-state index in [2.05, 4.69) is 4.90 Å². The fourth-order valence-electron chi connectivity index (χ4n) is 3.34. The quantitative estimate of drug-likeness (QED) is 0.803. The second kappa shape index (κ2) is 7.82. The van der Waals surface area contributed by atoms with Gasteiger partial charge in [0.15, 0.2) is 0 Å². The van der Waals surface area contributed by atoms with Gasteiger partial charge in [0, 0.05) is 32.8 Å². The molecule has 0 N–H and O–H groups in total. The number of ether oxygens (including phenoxy) is 2. The van der Waals surface area contributed by atoms with Crippen molar-refractivity contribution >= 4 is 10.0 Å². The Morgan fingerprint density at radius 1 is 1.12 bits per heavy atom. The van der Waals surface area contributed by atoms with Crippen LogP contribution in [0, 0.1) is 0 Å². The Kier molecular flexibility index (Phi) is 5.76. The molecule has 6 nitrogen and oxygen atoms in total. The average Bonchev–Trinajstić information content (AvgIpc) is 2.98. The molecule has 0 spiro atoms. The fraction of sp³-hybridized carbons (Fsp3) is 0.647. The third-order valence-electron chi connectivity index (χ3n) is 4.73. The smallest absolute Gasteiger partial charge is 0.243 e. The number of nitrogens with zero attached hydrogens (tertiary/aromatic N) is 2. The minimum atomic E-state index is -3.44. The van der Waals surface area contributed by atoms with Crippen molar-refractivity contribution in [2.75, 3.05) is 46.4 Å². The fourth-order valence-corrected chi connectivity index (χ4v) is 4.81. The van der Waals surface area contributed by atoms with E-state index in [1.165, 1.54) is 0 Å². The van der Waals surface area contributed by atoms with Crippen LogP contribution in [-0.4, -0.2) is 70.2 Å². The van der Waals surface area contributed by atoms with Crippen LogP contribution in [0.25, 0.3) is 0 Å². The highest BCUT2D eigenvalue weighted by Gasteiger charge is 2.28. The summed E-state index contributed by atoms with van der Waals surface area (Å²) in [7, 11) is -1.87. The van der Waals surface area contributed by atoms with E-state index >= 15 is 0 Å². The number of hydrogen-bond acceptors (Lipinski definition) is 5. The second-order valence-electron chi connectivity index (χ2n) is 6.37. The first-order valence-corrected chi connectivity index (χ1v) is 10.0. The maximum atomic E-state index is 12.8. The van der Waals surface area contributed by atoms with E-state index < -0.39 is 10.0 Å². The molecule has 0 unspecified atom stereocenters. The van der Waals surface area contributed by atoms with Crippen molar-refractivity contribution in [2.45, 2.75) is 30.3 Å². The SMILES string of the molecule is COc1ccc(S(=O)(=O)N2CCCN(C[C@H]3CCCO3)CC2)cc1. The van der Waals surface area contributed by atoms with Crippen LogP contribution >= 0.6 is 0 Å². The van der Waals surface area contributed by atoms with Crippen molar-refractivity contribution in [3.8, 4) is 5.75 Å². The summed E-state index contributed by atoms with van der Waals surface area (Å²) in [5.74, 6) is 0.660. The third kappa shape index (κ3) is 4.08. The standard InChI is InChI=1S/C17H26N2O4S/c1-22-15-5-7-17(8-6-15)24(20,21)19-10-3-9-18(11-12-19)14-16-4-2-13-23-16/h5-8,16H,2-4,9-14H2,1H3/t16-/m1/s1. The summed E-state index contributed by atoms with van der Waals surface area (Å²) in [6.07, 6.45) is 3.41. The lowest BCUT2D eigenvalue weighted by molar-refractivity contribution is 0.0749. The number of hydrogen-bond donors (Lipinski definition) is 0. The van der Waals surface area contributed by atoms with Gasteiger partial charge in [-0.05, 0) is 50.1 Å². The molecule has 0 bridgehead atoms. The van der Waals surface area contributed by atoms with Crippen molar-refractivity contribution in [1.82, 2.24) is 9.21 Å². The molecule has 3 rings (SSSR count). The molecule has 2 fully saturated rings. The van der Waals surface area contributed by atoms with E-state index in [9.17, 15) is 8.42 Å². The Labute approximate surface area is 144 Å². The Morgan fingerprint density at radius 2 is 1.92 bits per heavy atom. The summed E-state index contributed by atoms with van der Waals surface area (Å²) in [6, 6.07) is 6.61. The zero-order valence-electron chi connectivity index (χ0n) is 14.2. The van der Waals surface area contributed by atoms with E-state index in [1.54, 1.807) is 35.7 Å². The maximum Gasteiger partial charge on any atom is 0.243 e. The van der Waals surface area contributed by atoms with Gasteiger partial charge in [-0.3, -0.25) is 4.90 Å². The zero-order chi connectivity index (χ0) is 17.0. The summed E-state index contributed by atoms with van der Waals surface area (Å²) in [5.41, 5.74) is 0. The molecule has 2 aliphatic rings. The Bertz CT molecular complexity index is 626. The van der Waals surface area contributed by atoms with Crippen molar-refractivity contribution in [1.29, 1.82) is 0 Å². The lowest BCUT2D eigenvalue weighted by atomic mass is 10.2. The Morgan fingerprint density at radius 3 is 2.58 bits per heavy atom. The Balaban J connectivity index is 1.63. The number of methoxy groups -OCH3 is 1. The van der Waals surface area contributed by atoms with Crippen molar-refractivity contribution in [2.24, 2.45) is 0 Å². The first-order valence-electron chi connectivity index (χ1n) is 8.58. The summed E-state index contributed by atoms with van der Waals surface area (Å²) in [6.45, 7) is 4.55. The van der Waals surface area contributed by atoms with Crippen molar-refractivity contribution in [3.63, 3.8) is 0 Å². The van der Waals surface area contributed by atoms with Gasteiger partial charge in [-0.25, -0.2) is 8.42 Å². The molecule has 0 saturated carbocycles. The minimum Gasteiger partial charge on any atom is -0.497 e. The van der Waals surface area contributed by atoms with Crippen LogP contribution < -0.4 is 4.74 Å². The van der Waals surface area contributed by atoms with Crippen LogP contribution in [0.3, 0.4) is 0 Å². The summed E-state index contributed by atoms with van der Waals surface area (Å²) >= 11 is 0. The third-order valence-corrected chi connectivity index (χ3v) is 6.64. The van der Waals surface area contributed by atoms with Gasteiger partial charge in [0.25, 0.3) is 0 Å². The lowest BCUT2D eigenvalue weighted by Gasteiger charge is -2.24. The summed E-state index contributed by atoms with van der Waals surface area (Å²) in [5, 5.41) is 0. The van der Waals surface area contributed by atoms with Crippen LogP contribution in [-0.2, 0) is 14.8 Å². The van der Waals surface area contributed by atoms with E-state index in [0.29, 0.717) is 29.8 Å². The lowest BCUT2D eigenvalue weighted by Crippen LogP contribution is -2.37. The van der Waals surface area contributed by atoms with Gasteiger partial charge >= 0.3 is 0 Å². The zero-order valence-corrected chi connectivity index (χ0v) is 15.0. The summed E-state index contributed by atoms with van der Waals surface area (Å²) < 4.78 is 38.1. The van der Waals surface area contributed by atoms with Crippen molar-refractivity contribution < 1.29 is 17.9 Å². The highest BCUT2D eigenvalue weighted by Crippen LogP contribution is 2.21. The molecule has 2 saturated heterocycles. The van der Waals surface area contributed by atoms with Gasteiger partial charge in [-0.15, -0.1) is 0 Å². The molecule has 134 valence electrons. The molecular weight excluding hydrogens is 328 g/mol. The van der Waals surface area contributed by atoms with E-state index in [-0.39, 0.29) is 0 Å². The molecule has 2 aliphatic heterocycles. The average molecular weight is 354 g/mol. The molecular formula is C17H26N2O4S. The van der Waals surface area contributed by atoms with Gasteiger partial charge in [-0.2, -0.15) is 4.31 Å². The highest BCUT2D eigenvalue weighted by molar-refractivity contribution is 7.89. The first-order chi connectivity index (χ1) is 11.6. The van der Waals surface area contributed by atoms with E-state index in [1.807, 2.05) is 0 Å². The van der Waals surface area contributed by atoms with Crippen LogP contribution in [0.4, 0.5) is 0 Å². The predicted octanol–water partition coefficient (Wildman–Crippen LogP) is 1.57. The van der Waals surface area contributed by atoms with Crippen LogP contribution in [0.2, 0.25) is 0 Å². The minimum absolute atomic E-state index is 0.315. The molecule has 0 amide bonds. The summed E-state index contributed by atoms with van der Waals surface area (Å²) in [4.78, 5) is 2.66. The number of sulfonamides is 1.